The lowest BCUT2D eigenvalue weighted by Gasteiger charge is -2.17. The van der Waals surface area contributed by atoms with Crippen molar-refractivity contribution >= 4 is 0 Å². The van der Waals surface area contributed by atoms with Gasteiger partial charge in [-0.2, -0.15) is 0 Å². The molecule has 1 aromatic rings. The predicted octanol–water partition coefficient (Wildman–Crippen LogP) is -0.0863. The molecule has 3 N–H and O–H groups in total. The van der Waals surface area contributed by atoms with E-state index in [1.165, 1.54) is 0 Å². The first kappa shape index (κ1) is 8.07. The number of nitrogens with two attached hydrogens (primary N) is 1. The molecule has 0 atom stereocenters. The molecular weight excluding hydrogens is 142 g/mol. The van der Waals surface area contributed by atoms with Gasteiger partial charge in [0.1, 0.15) is 0 Å². The van der Waals surface area contributed by atoms with E-state index in [0.29, 0.717) is 6.54 Å². The Labute approximate surface area is 65.0 Å². The highest BCUT2D eigenvalue weighted by Gasteiger charge is 2.11. The second-order valence-corrected chi connectivity index (χ2v) is 3.38. The molecule has 0 fully saturated rings. The van der Waals surface area contributed by atoms with Crippen molar-refractivity contribution < 1.29 is 0 Å². The van der Waals surface area contributed by atoms with E-state index < -0.39 is 0 Å². The SMILES string of the molecule is CC(C)(N)Cn1cc[nH]c1=O. The van der Waals surface area contributed by atoms with Crippen molar-refractivity contribution in [3.8, 4) is 0 Å². The van der Waals surface area contributed by atoms with Gasteiger partial charge in [0.25, 0.3) is 0 Å². The Morgan fingerprint density at radius 1 is 1.73 bits per heavy atom. The maximum absolute atomic E-state index is 10.9. The lowest BCUT2D eigenvalue weighted by Crippen LogP contribution is -2.39. The summed E-state index contributed by atoms with van der Waals surface area (Å²) >= 11 is 0. The summed E-state index contributed by atoms with van der Waals surface area (Å²) in [7, 11) is 0. The topological polar surface area (TPSA) is 63.8 Å². The van der Waals surface area contributed by atoms with Crippen molar-refractivity contribution in [2.24, 2.45) is 5.73 Å². The Morgan fingerprint density at radius 3 is 2.73 bits per heavy atom. The zero-order valence-corrected chi connectivity index (χ0v) is 6.79. The van der Waals surface area contributed by atoms with Crippen LogP contribution in [0.4, 0.5) is 0 Å². The molecule has 0 unspecified atom stereocenters. The molecule has 0 aliphatic carbocycles. The number of aromatic amines is 1. The Bertz CT molecular complexity index is 278. The summed E-state index contributed by atoms with van der Waals surface area (Å²) in [5.41, 5.74) is 5.27. The van der Waals surface area contributed by atoms with Crippen molar-refractivity contribution in [3.05, 3.63) is 22.9 Å². The van der Waals surface area contributed by atoms with Crippen LogP contribution in [-0.2, 0) is 6.54 Å². The number of hydrogen-bond acceptors (Lipinski definition) is 2. The molecule has 0 bridgehead atoms. The fraction of sp³-hybridized carbons (Fsp3) is 0.571. The Hall–Kier alpha value is -1.03. The normalized spacial score (nSPS) is 11.9. The molecule has 0 amide bonds. The number of rotatable bonds is 2. The third-order valence-corrected chi connectivity index (χ3v) is 1.30. The van der Waals surface area contributed by atoms with Crippen LogP contribution >= 0.6 is 0 Å². The van der Waals surface area contributed by atoms with Gasteiger partial charge in [-0.3, -0.25) is 4.57 Å². The van der Waals surface area contributed by atoms with Crippen LogP contribution in [0.2, 0.25) is 0 Å². The van der Waals surface area contributed by atoms with Gasteiger partial charge < -0.3 is 10.7 Å². The molecule has 0 aromatic carbocycles. The highest BCUT2D eigenvalue weighted by molar-refractivity contribution is 4.81. The first-order chi connectivity index (χ1) is 4.99. The minimum Gasteiger partial charge on any atom is -0.324 e. The molecule has 1 rings (SSSR count). The van der Waals surface area contributed by atoms with E-state index >= 15 is 0 Å². The van der Waals surface area contributed by atoms with E-state index in [9.17, 15) is 4.79 Å². The van der Waals surface area contributed by atoms with E-state index in [1.54, 1.807) is 17.0 Å². The Kier molecular flexibility index (Phi) is 1.87. The molecule has 0 spiro atoms. The summed E-state index contributed by atoms with van der Waals surface area (Å²) in [6, 6.07) is 0. The molecule has 62 valence electrons. The third-order valence-electron chi connectivity index (χ3n) is 1.30. The largest absolute Gasteiger partial charge is 0.325 e. The maximum atomic E-state index is 10.9. The predicted molar refractivity (Wildman–Crippen MR) is 43.3 cm³/mol. The second-order valence-electron chi connectivity index (χ2n) is 3.38. The first-order valence-corrected chi connectivity index (χ1v) is 3.52. The summed E-state index contributed by atoms with van der Waals surface area (Å²) in [4.78, 5) is 13.5. The molecule has 1 aromatic heterocycles. The van der Waals surface area contributed by atoms with Gasteiger partial charge in [0.05, 0.1) is 0 Å². The fourth-order valence-electron chi connectivity index (χ4n) is 0.913. The van der Waals surface area contributed by atoms with Crippen molar-refractivity contribution in [3.63, 3.8) is 0 Å². The zero-order valence-electron chi connectivity index (χ0n) is 6.79. The summed E-state index contributed by atoms with van der Waals surface area (Å²) < 4.78 is 1.56. The highest BCUT2D eigenvalue weighted by Crippen LogP contribution is 1.98. The lowest BCUT2D eigenvalue weighted by atomic mass is 10.1. The average molecular weight is 155 g/mol. The molecule has 4 heteroatoms. The number of nitrogens with one attached hydrogen (secondary N) is 1. The molecule has 4 nitrogen and oxygen atoms in total. The second kappa shape index (κ2) is 2.54. The van der Waals surface area contributed by atoms with Gasteiger partial charge >= 0.3 is 5.69 Å². The maximum Gasteiger partial charge on any atom is 0.325 e. The van der Waals surface area contributed by atoms with Gasteiger partial charge in [0, 0.05) is 24.5 Å². The van der Waals surface area contributed by atoms with Crippen LogP contribution in [0.5, 0.6) is 0 Å². The lowest BCUT2D eigenvalue weighted by molar-refractivity contribution is 0.427. The highest BCUT2D eigenvalue weighted by atomic mass is 16.1. The number of imidazole rings is 1. The fourth-order valence-corrected chi connectivity index (χ4v) is 0.913. The van der Waals surface area contributed by atoms with Gasteiger partial charge in [-0.1, -0.05) is 0 Å². The van der Waals surface area contributed by atoms with Gasteiger partial charge in [-0.25, -0.2) is 4.79 Å². The standard InChI is InChI=1S/C7H13N3O/c1-7(2,8)5-10-4-3-9-6(10)11/h3-4H,5,8H2,1-2H3,(H,9,11). The quantitative estimate of drug-likeness (QED) is 0.627. The van der Waals surface area contributed by atoms with Crippen LogP contribution in [0.15, 0.2) is 17.2 Å². The Morgan fingerprint density at radius 2 is 2.36 bits per heavy atom. The van der Waals surface area contributed by atoms with Gasteiger partial charge in [-0.15, -0.1) is 0 Å². The number of hydrogen-bond donors (Lipinski definition) is 2. The van der Waals surface area contributed by atoms with Gasteiger partial charge in [-0.05, 0) is 13.8 Å². The van der Waals surface area contributed by atoms with Crippen molar-refractivity contribution in [1.29, 1.82) is 0 Å². The monoisotopic (exact) mass is 155 g/mol. The van der Waals surface area contributed by atoms with Crippen LogP contribution in [0, 0.1) is 0 Å². The molecule has 0 aliphatic rings. The van der Waals surface area contributed by atoms with Gasteiger partial charge in [0.2, 0.25) is 0 Å². The van der Waals surface area contributed by atoms with E-state index in [4.69, 9.17) is 5.73 Å². The first-order valence-electron chi connectivity index (χ1n) is 3.52. The molecule has 0 radical (unpaired) electrons. The molecule has 1 heterocycles. The van der Waals surface area contributed by atoms with Crippen LogP contribution in [0.1, 0.15) is 13.8 Å². The summed E-state index contributed by atoms with van der Waals surface area (Å²) in [6.45, 7) is 4.30. The van der Waals surface area contributed by atoms with Crippen molar-refractivity contribution in [2.45, 2.75) is 25.9 Å². The van der Waals surface area contributed by atoms with Crippen LogP contribution in [0.25, 0.3) is 0 Å². The molecule has 0 saturated carbocycles. The average Bonchev–Trinajstić information content (AvgIpc) is 2.12. The third kappa shape index (κ3) is 2.23. The van der Waals surface area contributed by atoms with E-state index in [2.05, 4.69) is 4.98 Å². The summed E-state index contributed by atoms with van der Waals surface area (Å²) in [5, 5.41) is 0. The smallest absolute Gasteiger partial charge is 0.324 e. The number of nitrogens with zero attached hydrogens (tertiary/aromatic N) is 1. The molecule has 0 aliphatic heterocycles. The van der Waals surface area contributed by atoms with Crippen LogP contribution in [-0.4, -0.2) is 15.1 Å². The molecular formula is C7H13N3O. The number of H-pyrrole nitrogens is 1. The summed E-state index contributed by atoms with van der Waals surface area (Å²) in [6.07, 6.45) is 3.30. The zero-order chi connectivity index (χ0) is 8.48. The van der Waals surface area contributed by atoms with Crippen LogP contribution < -0.4 is 11.4 Å². The summed E-state index contributed by atoms with van der Waals surface area (Å²) in [5.74, 6) is 0. The molecule has 11 heavy (non-hydrogen) atoms. The van der Waals surface area contributed by atoms with Crippen LogP contribution in [0.3, 0.4) is 0 Å². The Balaban J connectivity index is 2.80. The minimum atomic E-state index is -0.341. The van der Waals surface area contributed by atoms with E-state index in [1.807, 2.05) is 13.8 Å². The minimum absolute atomic E-state index is 0.108. The van der Waals surface area contributed by atoms with Crippen molar-refractivity contribution in [2.75, 3.05) is 0 Å². The van der Waals surface area contributed by atoms with Gasteiger partial charge in [0.15, 0.2) is 0 Å². The van der Waals surface area contributed by atoms with E-state index in [0.717, 1.165) is 0 Å². The molecule has 0 saturated heterocycles. The van der Waals surface area contributed by atoms with Crippen molar-refractivity contribution in [1.82, 2.24) is 9.55 Å². The van der Waals surface area contributed by atoms with E-state index in [-0.39, 0.29) is 11.2 Å². The number of aromatic nitrogens is 2.